The molecule has 0 bridgehead atoms. The van der Waals surface area contributed by atoms with Crippen molar-refractivity contribution >= 4 is 36.9 Å². The number of alkyl halides is 1. The number of aryl methyl sites for hydroxylation is 1. The van der Waals surface area contributed by atoms with E-state index in [0.29, 0.717) is 12.3 Å². The fourth-order valence-corrected chi connectivity index (χ4v) is 2.29. The number of phosphoric acid groups is 1. The Hall–Kier alpha value is -1.64. The molecule has 0 spiro atoms. The minimum absolute atomic E-state index is 0.0284. The first-order chi connectivity index (χ1) is 11.1. The number of hydrogen-bond acceptors (Lipinski definition) is 4. The number of fused-ring (bicyclic) bond motifs is 1. The van der Waals surface area contributed by atoms with Crippen LogP contribution in [0.3, 0.4) is 0 Å². The molecule has 0 aliphatic carbocycles. The maximum Gasteiger partial charge on any atom is 0.466 e. The van der Waals surface area contributed by atoms with Crippen LogP contribution in [0.5, 0.6) is 5.75 Å². The Balaban J connectivity index is 0.000000505. The molecule has 1 aliphatic heterocycles. The Labute approximate surface area is 143 Å². The molecule has 2 amide bonds. The number of anilines is 1. The number of halogens is 1. The van der Waals surface area contributed by atoms with Gasteiger partial charge in [0, 0.05) is 12.2 Å². The summed E-state index contributed by atoms with van der Waals surface area (Å²) in [5.41, 5.74) is 6.91. The van der Waals surface area contributed by atoms with Crippen molar-refractivity contribution in [2.45, 2.75) is 12.8 Å². The summed E-state index contributed by atoms with van der Waals surface area (Å²) in [4.78, 5) is 45.6. The van der Waals surface area contributed by atoms with Gasteiger partial charge in [-0.1, -0.05) is 0 Å². The minimum Gasteiger partial charge on any atom is -0.484 e. The molecule has 0 atom stereocenters. The molecule has 0 aromatic heterocycles. The second kappa shape index (κ2) is 9.00. The number of rotatable bonds is 4. The molecule has 5 N–H and O–H groups in total. The molecule has 0 unspecified atom stereocenters. The number of carbonyl (C=O) groups is 2. The molecule has 2 rings (SSSR count). The van der Waals surface area contributed by atoms with Gasteiger partial charge in [-0.05, 0) is 36.6 Å². The van der Waals surface area contributed by atoms with E-state index in [4.69, 9.17) is 41.3 Å². The quantitative estimate of drug-likeness (QED) is 0.428. The van der Waals surface area contributed by atoms with E-state index >= 15 is 0 Å². The summed E-state index contributed by atoms with van der Waals surface area (Å²) in [6.07, 6.45) is 1.75. The van der Waals surface area contributed by atoms with E-state index in [0.717, 1.165) is 24.1 Å². The molecular weight excluding hydrogens is 363 g/mol. The zero-order valence-electron chi connectivity index (χ0n) is 12.6. The third kappa shape index (κ3) is 7.29. The number of ether oxygens (including phenoxy) is 1. The topological polar surface area (TPSA) is 150 Å². The Morgan fingerprint density at radius 2 is 1.96 bits per heavy atom. The lowest BCUT2D eigenvalue weighted by Gasteiger charge is -2.29. The number of nitrogens with zero attached hydrogens (tertiary/aromatic N) is 1. The minimum atomic E-state index is -4.64. The number of benzene rings is 1. The van der Waals surface area contributed by atoms with E-state index in [2.05, 4.69) is 0 Å². The predicted octanol–water partition coefficient (Wildman–Crippen LogP) is 0.140. The van der Waals surface area contributed by atoms with Gasteiger partial charge in [-0.25, -0.2) is 4.57 Å². The number of amides is 2. The maximum atomic E-state index is 11.7. The molecule has 1 aromatic carbocycles. The van der Waals surface area contributed by atoms with Gasteiger partial charge in [0.05, 0.1) is 0 Å². The lowest BCUT2D eigenvalue weighted by Crippen LogP contribution is -2.36. The number of hydrogen-bond donors (Lipinski definition) is 4. The second-order valence-electron chi connectivity index (χ2n) is 4.84. The normalized spacial score (nSPS) is 13.4. The molecule has 1 aromatic rings. The number of carbonyl (C=O) groups excluding carboxylic acids is 2. The van der Waals surface area contributed by atoms with E-state index in [1.165, 1.54) is 0 Å². The molecular formula is C13H18ClN2O7P. The average Bonchev–Trinajstić information content (AvgIpc) is 2.49. The molecule has 1 aliphatic rings. The lowest BCUT2D eigenvalue weighted by molar-refractivity contribution is -0.120. The van der Waals surface area contributed by atoms with Crippen LogP contribution in [0, 0.1) is 0 Å². The van der Waals surface area contributed by atoms with Crippen LogP contribution in [0.1, 0.15) is 12.0 Å². The van der Waals surface area contributed by atoms with Crippen LogP contribution in [-0.4, -0.2) is 45.5 Å². The summed E-state index contributed by atoms with van der Waals surface area (Å²) in [5.74, 6) is -0.0675. The number of primary amides is 1. The first-order valence-electron chi connectivity index (χ1n) is 6.80. The van der Waals surface area contributed by atoms with Gasteiger partial charge < -0.3 is 30.1 Å². The van der Waals surface area contributed by atoms with Crippen molar-refractivity contribution in [2.24, 2.45) is 5.73 Å². The molecule has 9 nitrogen and oxygen atoms in total. The molecule has 1 heterocycles. The second-order valence-corrected chi connectivity index (χ2v) is 6.14. The summed E-state index contributed by atoms with van der Waals surface area (Å²) in [6, 6.07) is 5.38. The fraction of sp³-hybridized carbons (Fsp3) is 0.385. The SMILES string of the molecule is NC(=O)COc1ccc2c(c1)CCCN2C(=O)CCl.O=P(O)(O)O. The fourth-order valence-electron chi connectivity index (χ4n) is 2.15. The molecule has 0 fully saturated rings. The van der Waals surface area contributed by atoms with Crippen LogP contribution in [0.15, 0.2) is 18.2 Å². The summed E-state index contributed by atoms with van der Waals surface area (Å²) >= 11 is 5.60. The van der Waals surface area contributed by atoms with Crippen molar-refractivity contribution in [1.82, 2.24) is 0 Å². The van der Waals surface area contributed by atoms with Gasteiger partial charge in [-0.15, -0.1) is 11.6 Å². The van der Waals surface area contributed by atoms with Gasteiger partial charge in [-0.2, -0.15) is 0 Å². The molecule has 0 radical (unpaired) electrons. The third-order valence-electron chi connectivity index (χ3n) is 2.97. The third-order valence-corrected chi connectivity index (χ3v) is 3.19. The van der Waals surface area contributed by atoms with Crippen molar-refractivity contribution in [2.75, 3.05) is 23.9 Å². The van der Waals surface area contributed by atoms with E-state index < -0.39 is 13.7 Å². The predicted molar refractivity (Wildman–Crippen MR) is 86.8 cm³/mol. The summed E-state index contributed by atoms with van der Waals surface area (Å²) < 4.78 is 14.1. The zero-order valence-corrected chi connectivity index (χ0v) is 14.2. The van der Waals surface area contributed by atoms with Crippen molar-refractivity contribution in [3.8, 4) is 5.75 Å². The van der Waals surface area contributed by atoms with Gasteiger partial charge in [0.1, 0.15) is 11.6 Å². The Morgan fingerprint density at radius 1 is 1.33 bits per heavy atom. The molecule has 11 heteroatoms. The van der Waals surface area contributed by atoms with Gasteiger partial charge in [0.2, 0.25) is 5.91 Å². The highest BCUT2D eigenvalue weighted by Crippen LogP contribution is 2.30. The van der Waals surface area contributed by atoms with E-state index in [9.17, 15) is 9.59 Å². The smallest absolute Gasteiger partial charge is 0.466 e. The standard InChI is InChI=1S/C13H15ClN2O3.H3O4P/c14-7-13(18)16-5-1-2-9-6-10(3-4-11(9)16)19-8-12(15)17;1-5(2,3)4/h3-4,6H,1-2,5,7-8H2,(H2,15,17);(H3,1,2,3,4). The highest BCUT2D eigenvalue weighted by molar-refractivity contribution is 7.45. The monoisotopic (exact) mass is 380 g/mol. The number of nitrogens with two attached hydrogens (primary N) is 1. The van der Waals surface area contributed by atoms with Crippen LogP contribution < -0.4 is 15.4 Å². The molecule has 24 heavy (non-hydrogen) atoms. The average molecular weight is 381 g/mol. The Kier molecular flexibility index (Phi) is 7.65. The summed E-state index contributed by atoms with van der Waals surface area (Å²) in [7, 11) is -4.64. The van der Waals surface area contributed by atoms with Crippen molar-refractivity contribution in [3.05, 3.63) is 23.8 Å². The lowest BCUT2D eigenvalue weighted by atomic mass is 10.0. The van der Waals surface area contributed by atoms with Crippen LogP contribution in [0.2, 0.25) is 0 Å². The van der Waals surface area contributed by atoms with E-state index in [-0.39, 0.29) is 18.4 Å². The van der Waals surface area contributed by atoms with Gasteiger partial charge in [-0.3, -0.25) is 9.59 Å². The van der Waals surface area contributed by atoms with Crippen molar-refractivity contribution in [1.29, 1.82) is 0 Å². The molecule has 0 saturated heterocycles. The van der Waals surface area contributed by atoms with Crippen molar-refractivity contribution < 1.29 is 33.6 Å². The van der Waals surface area contributed by atoms with Crippen LogP contribution in [0.4, 0.5) is 5.69 Å². The van der Waals surface area contributed by atoms with Crippen molar-refractivity contribution in [3.63, 3.8) is 0 Å². The molecule has 0 saturated carbocycles. The summed E-state index contributed by atoms with van der Waals surface area (Å²) in [5, 5.41) is 0. The Bertz CT molecular complexity index is 641. The van der Waals surface area contributed by atoms with Crippen LogP contribution >= 0.6 is 19.4 Å². The van der Waals surface area contributed by atoms with Gasteiger partial charge in [0.25, 0.3) is 5.91 Å². The molecule has 134 valence electrons. The zero-order chi connectivity index (χ0) is 18.3. The van der Waals surface area contributed by atoms with Crippen LogP contribution in [0.25, 0.3) is 0 Å². The highest BCUT2D eigenvalue weighted by Gasteiger charge is 2.22. The maximum absolute atomic E-state index is 11.7. The first-order valence-corrected chi connectivity index (χ1v) is 8.90. The van der Waals surface area contributed by atoms with E-state index in [1.54, 1.807) is 11.0 Å². The van der Waals surface area contributed by atoms with Crippen LogP contribution in [-0.2, 0) is 20.6 Å². The Morgan fingerprint density at radius 3 is 2.50 bits per heavy atom. The first kappa shape index (κ1) is 20.4. The summed E-state index contributed by atoms with van der Waals surface area (Å²) in [6.45, 7) is 0.531. The highest BCUT2D eigenvalue weighted by atomic mass is 35.5. The van der Waals surface area contributed by atoms with E-state index in [1.807, 2.05) is 12.1 Å². The largest absolute Gasteiger partial charge is 0.484 e. The van der Waals surface area contributed by atoms with Gasteiger partial charge in [0.15, 0.2) is 6.61 Å². The van der Waals surface area contributed by atoms with Gasteiger partial charge >= 0.3 is 7.82 Å².